The van der Waals surface area contributed by atoms with Gasteiger partial charge >= 0.3 is 0 Å². The molecule has 0 bridgehead atoms. The van der Waals surface area contributed by atoms with Crippen LogP contribution in [0.25, 0.3) is 0 Å². The number of allylic oxidation sites excluding steroid dienone is 4. The van der Waals surface area contributed by atoms with E-state index in [4.69, 9.17) is 0 Å². The number of aliphatic hydroxyl groups is 2. The zero-order valence-corrected chi connectivity index (χ0v) is 21.7. The van der Waals surface area contributed by atoms with Crippen LogP contribution in [-0.2, 0) is 0 Å². The van der Waals surface area contributed by atoms with Gasteiger partial charge < -0.3 is 10.2 Å². The van der Waals surface area contributed by atoms with E-state index in [1.165, 1.54) is 67.0 Å². The van der Waals surface area contributed by atoms with Gasteiger partial charge in [0, 0.05) is 5.92 Å². The van der Waals surface area contributed by atoms with Crippen LogP contribution in [0.15, 0.2) is 34.2 Å². The number of rotatable bonds is 14. The second-order valence-corrected chi connectivity index (χ2v) is 10.7. The first-order valence-corrected chi connectivity index (χ1v) is 12.9. The molecule has 2 nitrogen and oxygen atoms in total. The molecule has 0 amide bonds. The predicted octanol–water partition coefficient (Wildman–Crippen LogP) is 7.57. The molecular weight excluding hydrogens is 387 g/mol. The van der Waals surface area contributed by atoms with Crippen molar-refractivity contribution in [3.8, 4) is 0 Å². The van der Waals surface area contributed by atoms with Crippen LogP contribution in [-0.4, -0.2) is 22.4 Å². The van der Waals surface area contributed by atoms with Crippen LogP contribution in [0.3, 0.4) is 0 Å². The summed E-state index contributed by atoms with van der Waals surface area (Å²) in [5, 5.41) is 20.9. The molecule has 0 heterocycles. The van der Waals surface area contributed by atoms with Gasteiger partial charge in [-0.25, -0.2) is 0 Å². The van der Waals surface area contributed by atoms with Crippen molar-refractivity contribution in [2.45, 2.75) is 118 Å². The first-order valence-electron chi connectivity index (χ1n) is 12.3. The molecule has 174 valence electrons. The summed E-state index contributed by atoms with van der Waals surface area (Å²) in [5.74, 6) is 1.79. The third-order valence-corrected chi connectivity index (χ3v) is 7.81. The number of hydrogen-bond donors (Lipinski definition) is 2. The number of hydrogen-bond acceptors (Lipinski definition) is 2. The van der Waals surface area contributed by atoms with Crippen molar-refractivity contribution in [2.75, 3.05) is 0 Å². The third kappa shape index (κ3) is 10.7. The van der Waals surface area contributed by atoms with Crippen LogP contribution in [0, 0.1) is 17.8 Å². The monoisotopic (exact) mass is 436 g/mol. The summed E-state index contributed by atoms with van der Waals surface area (Å²) in [5.41, 5.74) is 4.13. The van der Waals surface area contributed by atoms with Crippen molar-refractivity contribution in [3.63, 3.8) is 0 Å². The molecule has 1 aliphatic rings. The average molecular weight is 437 g/mol. The molecule has 0 saturated carbocycles. The average Bonchev–Trinajstić information content (AvgIpc) is 2.67. The van der Waals surface area contributed by atoms with Gasteiger partial charge in [-0.15, -0.1) is 9.24 Å². The molecule has 0 saturated heterocycles. The molecule has 0 radical (unpaired) electrons. The number of aliphatic hydroxyl groups excluding tert-OH is 2. The molecular formula is C27H49O2P. The van der Waals surface area contributed by atoms with Crippen LogP contribution < -0.4 is 0 Å². The van der Waals surface area contributed by atoms with Crippen LogP contribution in [0.4, 0.5) is 0 Å². The fourth-order valence-corrected chi connectivity index (χ4v) is 4.82. The lowest BCUT2D eigenvalue weighted by molar-refractivity contribution is 0.176. The molecule has 1 rings (SSSR count). The van der Waals surface area contributed by atoms with E-state index in [-0.39, 0.29) is 18.1 Å². The molecule has 3 heteroatoms. The van der Waals surface area contributed by atoms with Crippen LogP contribution in [0.2, 0.25) is 0 Å². The second kappa shape index (κ2) is 14.6. The summed E-state index contributed by atoms with van der Waals surface area (Å²) in [6, 6.07) is 0. The van der Waals surface area contributed by atoms with Crippen molar-refractivity contribution in [2.24, 2.45) is 17.8 Å². The first-order chi connectivity index (χ1) is 14.1. The molecule has 0 aromatic carbocycles. The first kappa shape index (κ1) is 27.6. The van der Waals surface area contributed by atoms with Crippen LogP contribution in [0.1, 0.15) is 106 Å². The van der Waals surface area contributed by atoms with Crippen molar-refractivity contribution in [1.29, 1.82) is 0 Å². The summed E-state index contributed by atoms with van der Waals surface area (Å²) in [6.07, 6.45) is 15.8. The maximum Gasteiger partial charge on any atom is 0.0789 e. The minimum Gasteiger partial charge on any atom is -0.393 e. The van der Waals surface area contributed by atoms with Gasteiger partial charge in [-0.2, -0.15) is 0 Å². The SMILES string of the molecule is CC1=C(P)C(CCC(C)CCCC(C)CCC/C(C)=C/CCC(C)O)=CC(O)C1C. The van der Waals surface area contributed by atoms with Crippen LogP contribution >= 0.6 is 9.24 Å². The van der Waals surface area contributed by atoms with Crippen molar-refractivity contribution >= 4 is 9.24 Å². The Kier molecular flexibility index (Phi) is 13.4. The molecule has 0 aromatic heterocycles. The van der Waals surface area contributed by atoms with Gasteiger partial charge in [0.2, 0.25) is 0 Å². The molecule has 2 N–H and O–H groups in total. The maximum absolute atomic E-state index is 10.2. The lowest BCUT2D eigenvalue weighted by Gasteiger charge is -2.27. The standard InChI is InChI=1S/C27H49O2P/c1-19(10-7-11-20(2)14-9-15-22(4)28)12-8-13-21(3)16-17-25-18-26(29)23(5)24(6)27(25)30/h14,18-19,21-23,26,28-29H,7-13,15-17,30H2,1-6H3/b20-14+. The van der Waals surface area contributed by atoms with E-state index >= 15 is 0 Å². The zero-order chi connectivity index (χ0) is 22.7. The largest absolute Gasteiger partial charge is 0.393 e. The van der Waals surface area contributed by atoms with E-state index in [1.807, 2.05) is 6.92 Å². The predicted molar refractivity (Wildman–Crippen MR) is 136 cm³/mol. The van der Waals surface area contributed by atoms with E-state index in [9.17, 15) is 10.2 Å². The van der Waals surface area contributed by atoms with Gasteiger partial charge in [0.15, 0.2) is 0 Å². The minimum atomic E-state index is -0.322. The van der Waals surface area contributed by atoms with Gasteiger partial charge in [-0.05, 0) is 82.0 Å². The van der Waals surface area contributed by atoms with E-state index < -0.39 is 0 Å². The van der Waals surface area contributed by atoms with Gasteiger partial charge in [0.05, 0.1) is 12.2 Å². The quantitative estimate of drug-likeness (QED) is 0.218. The Bertz CT molecular complexity index is 588. The van der Waals surface area contributed by atoms with Gasteiger partial charge in [0.1, 0.15) is 0 Å². The minimum absolute atomic E-state index is 0.186. The Labute approximate surface area is 189 Å². The molecule has 0 spiro atoms. The zero-order valence-electron chi connectivity index (χ0n) is 20.6. The van der Waals surface area contributed by atoms with E-state index in [0.29, 0.717) is 0 Å². The highest BCUT2D eigenvalue weighted by Gasteiger charge is 2.22. The highest BCUT2D eigenvalue weighted by Crippen LogP contribution is 2.36. The topological polar surface area (TPSA) is 40.5 Å². The van der Waals surface area contributed by atoms with Crippen molar-refractivity contribution in [3.05, 3.63) is 34.2 Å². The molecule has 0 aliphatic heterocycles. The Morgan fingerprint density at radius 2 is 1.67 bits per heavy atom. The molecule has 6 unspecified atom stereocenters. The smallest absolute Gasteiger partial charge is 0.0789 e. The van der Waals surface area contributed by atoms with E-state index in [2.05, 4.69) is 56.0 Å². The van der Waals surface area contributed by atoms with Gasteiger partial charge in [-0.1, -0.05) is 69.8 Å². The molecule has 0 fully saturated rings. The summed E-state index contributed by atoms with van der Waals surface area (Å²) in [6.45, 7) is 13.1. The summed E-state index contributed by atoms with van der Waals surface area (Å²) >= 11 is 0. The third-order valence-electron chi connectivity index (χ3n) is 6.98. The summed E-state index contributed by atoms with van der Waals surface area (Å²) < 4.78 is 0. The normalized spacial score (nSPS) is 23.4. The molecule has 1 aliphatic carbocycles. The molecule has 6 atom stereocenters. The molecule has 30 heavy (non-hydrogen) atoms. The fourth-order valence-electron chi connectivity index (χ4n) is 4.32. The highest BCUT2D eigenvalue weighted by atomic mass is 31.0. The van der Waals surface area contributed by atoms with E-state index in [1.54, 1.807) is 0 Å². The Balaban J connectivity index is 2.19. The maximum atomic E-state index is 10.2. The lowest BCUT2D eigenvalue weighted by Crippen LogP contribution is -2.21. The second-order valence-electron chi connectivity index (χ2n) is 10.1. The van der Waals surface area contributed by atoms with E-state index in [0.717, 1.165) is 31.1 Å². The highest BCUT2D eigenvalue weighted by molar-refractivity contribution is 7.23. The molecule has 0 aromatic rings. The summed E-state index contributed by atoms with van der Waals surface area (Å²) in [4.78, 5) is 0. The lowest BCUT2D eigenvalue weighted by atomic mass is 9.85. The van der Waals surface area contributed by atoms with Gasteiger partial charge in [-0.3, -0.25) is 0 Å². The van der Waals surface area contributed by atoms with Crippen LogP contribution in [0.5, 0.6) is 0 Å². The van der Waals surface area contributed by atoms with Gasteiger partial charge in [0.25, 0.3) is 0 Å². The van der Waals surface area contributed by atoms with Crippen molar-refractivity contribution < 1.29 is 10.2 Å². The van der Waals surface area contributed by atoms with Crippen molar-refractivity contribution in [1.82, 2.24) is 0 Å². The Hall–Kier alpha value is -0.430. The Morgan fingerprint density at radius 3 is 2.30 bits per heavy atom. The fraction of sp³-hybridized carbons (Fsp3) is 0.778. The summed E-state index contributed by atoms with van der Waals surface area (Å²) in [7, 11) is 2.90. The Morgan fingerprint density at radius 1 is 1.07 bits per heavy atom.